The zero-order valence-corrected chi connectivity index (χ0v) is 20.7. The third-order valence-corrected chi connectivity index (χ3v) is 6.85. The Bertz CT molecular complexity index is 1070. The molecule has 0 radical (unpaired) electrons. The second-order valence-corrected chi connectivity index (χ2v) is 10.5. The van der Waals surface area contributed by atoms with E-state index in [0.717, 1.165) is 23.4 Å². The van der Waals surface area contributed by atoms with Gasteiger partial charge in [0.15, 0.2) is 0 Å². The van der Waals surface area contributed by atoms with Gasteiger partial charge >= 0.3 is 0 Å². The first-order valence-corrected chi connectivity index (χ1v) is 11.5. The van der Waals surface area contributed by atoms with E-state index >= 15 is 0 Å². The first-order valence-electron chi connectivity index (χ1n) is 11.5. The van der Waals surface area contributed by atoms with Crippen LogP contribution < -0.4 is 5.32 Å². The Labute approximate surface area is 194 Å². The van der Waals surface area contributed by atoms with E-state index in [2.05, 4.69) is 89.3 Å². The van der Waals surface area contributed by atoms with E-state index in [4.69, 9.17) is 0 Å². The maximum atomic E-state index is 4.17. The molecule has 168 valence electrons. The Kier molecular flexibility index (Phi) is 6.93. The number of hydrogen-bond acceptors (Lipinski definition) is 2. The van der Waals surface area contributed by atoms with Gasteiger partial charge in [0.2, 0.25) is 0 Å². The molecule has 0 amide bonds. The van der Waals surface area contributed by atoms with Gasteiger partial charge in [-0.25, -0.2) is 0 Å². The number of benzene rings is 1. The summed E-state index contributed by atoms with van der Waals surface area (Å²) in [6.07, 6.45) is 13.1. The largest absolute Gasteiger partial charge is 0.354 e. The molecule has 0 saturated carbocycles. The summed E-state index contributed by atoms with van der Waals surface area (Å²) in [7, 11) is 0. The standard InChI is InChI=1S/C30H38N2/c1-9-24(23(4)32-26-11-10-16-31-20-26)13-12-21(2)17-25-19-28-27(18-22(25)3)29(5,6)14-15-30(28,7)8/h9-13,16,18-20,32H,1,4,14-15,17H2,2-3,5-8H3/b21-12+,24-13+. The van der Waals surface area contributed by atoms with Crippen molar-refractivity contribution in [3.63, 3.8) is 0 Å². The van der Waals surface area contributed by atoms with Crippen LogP contribution in [0, 0.1) is 6.92 Å². The quantitative estimate of drug-likeness (QED) is 0.454. The minimum atomic E-state index is 0.233. The number of aromatic nitrogens is 1. The molecule has 0 fully saturated rings. The zero-order chi connectivity index (χ0) is 23.5. The number of nitrogens with one attached hydrogen (secondary N) is 1. The lowest BCUT2D eigenvalue weighted by atomic mass is 9.62. The molecule has 1 aromatic heterocycles. The number of nitrogens with zero attached hydrogens (tertiary/aromatic N) is 1. The predicted octanol–water partition coefficient (Wildman–Crippen LogP) is 7.97. The Morgan fingerprint density at radius 2 is 1.75 bits per heavy atom. The Hall–Kier alpha value is -2.87. The van der Waals surface area contributed by atoms with Crippen LogP contribution in [0.15, 0.2) is 84.9 Å². The highest BCUT2D eigenvalue weighted by atomic mass is 14.9. The minimum absolute atomic E-state index is 0.233. The fourth-order valence-corrected chi connectivity index (χ4v) is 4.52. The molecule has 32 heavy (non-hydrogen) atoms. The third kappa shape index (κ3) is 5.30. The lowest BCUT2D eigenvalue weighted by molar-refractivity contribution is 0.331. The fraction of sp³-hybridized carbons (Fsp3) is 0.367. The van der Waals surface area contributed by atoms with E-state index in [1.54, 1.807) is 12.4 Å². The van der Waals surface area contributed by atoms with Gasteiger partial charge in [0.05, 0.1) is 11.9 Å². The number of aryl methyl sites for hydroxylation is 1. The molecule has 0 saturated heterocycles. The summed E-state index contributed by atoms with van der Waals surface area (Å²) in [5.41, 5.74) is 10.4. The van der Waals surface area contributed by atoms with Crippen LogP contribution >= 0.6 is 0 Å². The molecule has 2 heteroatoms. The van der Waals surface area contributed by atoms with Crippen molar-refractivity contribution in [1.29, 1.82) is 0 Å². The van der Waals surface area contributed by atoms with E-state index in [-0.39, 0.29) is 10.8 Å². The molecular formula is C30H38N2. The molecule has 3 rings (SSSR count). The molecule has 1 aromatic carbocycles. The van der Waals surface area contributed by atoms with Crippen molar-refractivity contribution in [2.24, 2.45) is 0 Å². The predicted molar refractivity (Wildman–Crippen MR) is 139 cm³/mol. The van der Waals surface area contributed by atoms with Crippen LogP contribution in [-0.4, -0.2) is 4.98 Å². The van der Waals surface area contributed by atoms with Crippen LogP contribution in [-0.2, 0) is 17.3 Å². The maximum Gasteiger partial charge on any atom is 0.0570 e. The van der Waals surface area contributed by atoms with Gasteiger partial charge in [-0.1, -0.05) is 76.8 Å². The van der Waals surface area contributed by atoms with Crippen LogP contribution in [0.5, 0.6) is 0 Å². The van der Waals surface area contributed by atoms with Gasteiger partial charge in [-0.15, -0.1) is 0 Å². The highest BCUT2D eigenvalue weighted by Gasteiger charge is 2.37. The highest BCUT2D eigenvalue weighted by molar-refractivity contribution is 5.54. The third-order valence-electron chi connectivity index (χ3n) is 6.85. The lowest BCUT2D eigenvalue weighted by Crippen LogP contribution is -2.34. The smallest absolute Gasteiger partial charge is 0.0570 e. The van der Waals surface area contributed by atoms with Crippen molar-refractivity contribution >= 4 is 5.69 Å². The number of rotatable bonds is 7. The zero-order valence-electron chi connectivity index (χ0n) is 20.7. The first-order chi connectivity index (χ1) is 15.0. The van der Waals surface area contributed by atoms with Crippen molar-refractivity contribution in [3.8, 4) is 0 Å². The van der Waals surface area contributed by atoms with Crippen LogP contribution in [0.3, 0.4) is 0 Å². The van der Waals surface area contributed by atoms with Gasteiger partial charge in [-0.05, 0) is 83.9 Å². The average Bonchev–Trinajstić information content (AvgIpc) is 2.74. The molecule has 1 aliphatic rings. The molecule has 2 nitrogen and oxygen atoms in total. The van der Waals surface area contributed by atoms with Crippen LogP contribution in [0.25, 0.3) is 0 Å². The molecule has 0 atom stereocenters. The number of anilines is 1. The van der Waals surface area contributed by atoms with Gasteiger partial charge in [-0.3, -0.25) is 4.98 Å². The number of pyridine rings is 1. The molecule has 1 N–H and O–H groups in total. The molecule has 2 aromatic rings. The number of allylic oxidation sites excluding steroid dienone is 4. The van der Waals surface area contributed by atoms with Crippen molar-refractivity contribution in [2.45, 2.75) is 71.6 Å². The van der Waals surface area contributed by atoms with E-state index in [9.17, 15) is 0 Å². The van der Waals surface area contributed by atoms with Gasteiger partial charge in [0.25, 0.3) is 0 Å². The second-order valence-electron chi connectivity index (χ2n) is 10.5. The summed E-state index contributed by atoms with van der Waals surface area (Å²) in [6.45, 7) is 22.1. The maximum absolute atomic E-state index is 4.17. The summed E-state index contributed by atoms with van der Waals surface area (Å²) in [5, 5.41) is 3.30. The Balaban J connectivity index is 1.82. The first kappa shape index (κ1) is 23.8. The summed E-state index contributed by atoms with van der Waals surface area (Å²) >= 11 is 0. The van der Waals surface area contributed by atoms with Gasteiger partial charge in [0, 0.05) is 11.9 Å². The fourth-order valence-electron chi connectivity index (χ4n) is 4.52. The number of hydrogen-bond donors (Lipinski definition) is 1. The van der Waals surface area contributed by atoms with E-state index in [0.29, 0.717) is 0 Å². The molecule has 1 aliphatic carbocycles. The highest BCUT2D eigenvalue weighted by Crippen LogP contribution is 2.46. The topological polar surface area (TPSA) is 24.9 Å². The number of fused-ring (bicyclic) bond motifs is 1. The molecule has 0 bridgehead atoms. The van der Waals surface area contributed by atoms with Crippen molar-refractivity contribution in [2.75, 3.05) is 5.32 Å². The summed E-state index contributed by atoms with van der Waals surface area (Å²) in [5.74, 6) is 0. The van der Waals surface area contributed by atoms with Gasteiger partial charge in [-0.2, -0.15) is 0 Å². The summed E-state index contributed by atoms with van der Waals surface area (Å²) in [4.78, 5) is 4.14. The second kappa shape index (κ2) is 9.32. The van der Waals surface area contributed by atoms with E-state index in [1.165, 1.54) is 40.7 Å². The summed E-state index contributed by atoms with van der Waals surface area (Å²) < 4.78 is 0. The van der Waals surface area contributed by atoms with Crippen LogP contribution in [0.1, 0.15) is 69.7 Å². The monoisotopic (exact) mass is 426 g/mol. The van der Waals surface area contributed by atoms with Crippen molar-refractivity contribution < 1.29 is 0 Å². The molecular weight excluding hydrogens is 388 g/mol. The van der Waals surface area contributed by atoms with Crippen molar-refractivity contribution in [1.82, 2.24) is 4.98 Å². The van der Waals surface area contributed by atoms with Crippen LogP contribution in [0.4, 0.5) is 5.69 Å². The molecule has 1 heterocycles. The molecule has 0 spiro atoms. The lowest BCUT2D eigenvalue weighted by Gasteiger charge is -2.42. The SMILES string of the molecule is C=C/C(=C\C=C(/C)Cc1cc2c(cc1C)C(C)(C)CCC2(C)C)C(=C)Nc1cccnc1. The normalized spacial score (nSPS) is 17.4. The molecule has 0 aliphatic heterocycles. The van der Waals surface area contributed by atoms with Gasteiger partial charge in [0.1, 0.15) is 0 Å². The Morgan fingerprint density at radius 1 is 1.09 bits per heavy atom. The van der Waals surface area contributed by atoms with Crippen molar-refractivity contribution in [3.05, 3.63) is 107 Å². The van der Waals surface area contributed by atoms with E-state index in [1.807, 2.05) is 18.2 Å². The minimum Gasteiger partial charge on any atom is -0.354 e. The van der Waals surface area contributed by atoms with Gasteiger partial charge < -0.3 is 5.32 Å². The van der Waals surface area contributed by atoms with E-state index < -0.39 is 0 Å². The summed E-state index contributed by atoms with van der Waals surface area (Å²) in [6, 6.07) is 8.80. The van der Waals surface area contributed by atoms with Crippen LogP contribution in [0.2, 0.25) is 0 Å². The average molecular weight is 427 g/mol. The molecule has 0 unspecified atom stereocenters. The Morgan fingerprint density at radius 3 is 2.34 bits per heavy atom.